The molecular weight excluding hydrogens is 390 g/mol. The van der Waals surface area contributed by atoms with Crippen LogP contribution in [0.2, 0.25) is 0 Å². The number of nitrogens with one attached hydrogen (secondary N) is 2. The van der Waals surface area contributed by atoms with Crippen LogP contribution < -0.4 is 10.6 Å². The highest BCUT2D eigenvalue weighted by Gasteiger charge is 2.28. The summed E-state index contributed by atoms with van der Waals surface area (Å²) in [5.41, 5.74) is 3.37. The van der Waals surface area contributed by atoms with Crippen LogP contribution in [0.25, 0.3) is 0 Å². The Labute approximate surface area is 171 Å². The minimum atomic E-state index is -0.168. The van der Waals surface area contributed by atoms with E-state index in [-0.39, 0.29) is 17.1 Å². The van der Waals surface area contributed by atoms with Crippen molar-refractivity contribution in [1.82, 2.24) is 10.3 Å². The summed E-state index contributed by atoms with van der Waals surface area (Å²) >= 11 is 3.40. The largest absolute Gasteiger partial charge is 0.348 e. The highest BCUT2D eigenvalue weighted by Crippen LogP contribution is 2.39. The lowest BCUT2D eigenvalue weighted by Crippen LogP contribution is -2.23. The van der Waals surface area contributed by atoms with Gasteiger partial charge >= 0.3 is 0 Å². The summed E-state index contributed by atoms with van der Waals surface area (Å²) in [6.07, 6.45) is 4.43. The molecule has 4 rings (SSSR count). The van der Waals surface area contributed by atoms with E-state index < -0.39 is 0 Å². The van der Waals surface area contributed by atoms with Crippen LogP contribution in [0.3, 0.4) is 0 Å². The number of hydrogen-bond donors (Lipinski definition) is 2. The molecule has 0 unspecified atom stereocenters. The van der Waals surface area contributed by atoms with Crippen LogP contribution in [-0.2, 0) is 17.8 Å². The van der Waals surface area contributed by atoms with E-state index >= 15 is 0 Å². The van der Waals surface area contributed by atoms with Gasteiger partial charge in [-0.3, -0.25) is 14.6 Å². The molecule has 0 fully saturated rings. The summed E-state index contributed by atoms with van der Waals surface area (Å²) in [5, 5.41) is 7.74. The number of pyridine rings is 1. The molecule has 7 heteroatoms. The van der Waals surface area contributed by atoms with Gasteiger partial charge in [0.05, 0.1) is 0 Å². The number of benzene rings is 1. The minimum Gasteiger partial charge on any atom is -0.348 e. The molecule has 28 heavy (non-hydrogen) atoms. The number of aromatic nitrogens is 1. The van der Waals surface area contributed by atoms with Crippen molar-refractivity contribution in [2.75, 3.05) is 11.1 Å². The summed E-state index contributed by atoms with van der Waals surface area (Å²) in [5.74, 6) is 0.794. The first-order valence-corrected chi connectivity index (χ1v) is 10.9. The molecule has 1 aliphatic rings. The predicted molar refractivity (Wildman–Crippen MR) is 114 cm³/mol. The number of amides is 2. The lowest BCUT2D eigenvalue weighted by molar-refractivity contribution is -0.115. The molecular formula is C21H19N3O2S2. The number of carbonyl (C=O) groups excluding carboxylic acids is 2. The zero-order valence-corrected chi connectivity index (χ0v) is 16.7. The maximum absolute atomic E-state index is 12.7. The van der Waals surface area contributed by atoms with E-state index in [0.717, 1.165) is 23.3 Å². The molecule has 0 saturated carbocycles. The first-order chi connectivity index (χ1) is 13.7. The topological polar surface area (TPSA) is 71.1 Å². The Kier molecular flexibility index (Phi) is 5.73. The Bertz CT molecular complexity index is 971. The van der Waals surface area contributed by atoms with Gasteiger partial charge in [-0.2, -0.15) is 0 Å². The van der Waals surface area contributed by atoms with E-state index in [1.54, 1.807) is 59.8 Å². The molecule has 0 spiro atoms. The maximum Gasteiger partial charge on any atom is 0.251 e. The molecule has 0 aliphatic carbocycles. The fourth-order valence-corrected chi connectivity index (χ4v) is 5.35. The van der Waals surface area contributed by atoms with E-state index in [4.69, 9.17) is 0 Å². The molecule has 142 valence electrons. The Morgan fingerprint density at radius 1 is 1.07 bits per heavy atom. The highest BCUT2D eigenvalue weighted by molar-refractivity contribution is 8.00. The second-order valence-corrected chi connectivity index (χ2v) is 8.62. The van der Waals surface area contributed by atoms with E-state index in [2.05, 4.69) is 21.0 Å². The minimum absolute atomic E-state index is 0.0146. The zero-order chi connectivity index (χ0) is 19.3. The van der Waals surface area contributed by atoms with Crippen molar-refractivity contribution in [1.29, 1.82) is 0 Å². The number of aryl methyl sites for hydroxylation is 1. The first-order valence-electron chi connectivity index (χ1n) is 8.96. The zero-order valence-electron chi connectivity index (χ0n) is 15.1. The molecule has 0 saturated heterocycles. The van der Waals surface area contributed by atoms with Crippen molar-refractivity contribution in [2.24, 2.45) is 0 Å². The van der Waals surface area contributed by atoms with Gasteiger partial charge in [0.1, 0.15) is 5.25 Å². The summed E-state index contributed by atoms with van der Waals surface area (Å²) in [6.45, 7) is 0.446. The maximum atomic E-state index is 12.7. The van der Waals surface area contributed by atoms with E-state index in [1.165, 1.54) is 4.88 Å². The van der Waals surface area contributed by atoms with Gasteiger partial charge in [-0.05, 0) is 71.1 Å². The molecule has 2 aromatic heterocycles. The quantitative estimate of drug-likeness (QED) is 0.667. The Balaban J connectivity index is 1.36. The molecule has 1 atom stereocenters. The molecule has 2 N–H and O–H groups in total. The third-order valence-corrected chi connectivity index (χ3v) is 6.77. The van der Waals surface area contributed by atoms with Crippen molar-refractivity contribution in [2.45, 2.75) is 18.2 Å². The van der Waals surface area contributed by atoms with Crippen molar-refractivity contribution in [3.05, 3.63) is 81.8 Å². The number of thioether (sulfide) groups is 1. The summed E-state index contributed by atoms with van der Waals surface area (Å²) < 4.78 is 0. The number of nitrogens with zero attached hydrogens (tertiary/aromatic N) is 1. The molecule has 0 radical (unpaired) electrons. The van der Waals surface area contributed by atoms with Crippen LogP contribution in [0.15, 0.2) is 60.2 Å². The number of thiophene rings is 1. The molecule has 3 aromatic rings. The average Bonchev–Trinajstić information content (AvgIpc) is 3.22. The number of rotatable bonds is 5. The van der Waals surface area contributed by atoms with E-state index in [1.807, 2.05) is 18.2 Å². The van der Waals surface area contributed by atoms with Gasteiger partial charge < -0.3 is 10.6 Å². The van der Waals surface area contributed by atoms with Crippen molar-refractivity contribution < 1.29 is 9.59 Å². The number of fused-ring (bicyclic) bond motifs is 1. The third kappa shape index (κ3) is 4.26. The summed E-state index contributed by atoms with van der Waals surface area (Å²) in [4.78, 5) is 30.2. The van der Waals surface area contributed by atoms with Gasteiger partial charge in [0.2, 0.25) is 5.91 Å². The molecule has 1 aromatic carbocycles. The van der Waals surface area contributed by atoms with Crippen molar-refractivity contribution >= 4 is 40.6 Å². The molecule has 3 heterocycles. The standard InChI is InChI=1S/C21H19N3O2S2/c25-20(23-13-14-5-9-22-10-6-14)15-1-3-16(4-2-15)24-21(26)19-17-7-11-27-18(17)8-12-28-19/h1-7,9-11,19H,8,12-13H2,(H,23,25)(H,24,26)/t19-/m0/s1. The fourth-order valence-electron chi connectivity index (χ4n) is 3.06. The molecule has 0 bridgehead atoms. The van der Waals surface area contributed by atoms with Crippen molar-refractivity contribution in [3.8, 4) is 0 Å². The van der Waals surface area contributed by atoms with Gasteiger partial charge in [0.15, 0.2) is 0 Å². The Morgan fingerprint density at radius 2 is 1.86 bits per heavy atom. The predicted octanol–water partition coefficient (Wildman–Crippen LogP) is 4.04. The highest BCUT2D eigenvalue weighted by atomic mass is 32.2. The Hall–Kier alpha value is -2.64. The summed E-state index contributed by atoms with van der Waals surface area (Å²) in [7, 11) is 0. The third-order valence-electron chi connectivity index (χ3n) is 4.53. The van der Waals surface area contributed by atoms with Crippen LogP contribution in [-0.4, -0.2) is 22.6 Å². The van der Waals surface area contributed by atoms with E-state index in [0.29, 0.717) is 17.8 Å². The average molecular weight is 410 g/mol. The van der Waals surface area contributed by atoms with Gasteiger partial charge in [0, 0.05) is 35.1 Å². The molecule has 1 aliphatic heterocycles. The molecule has 5 nitrogen and oxygen atoms in total. The smallest absolute Gasteiger partial charge is 0.251 e. The van der Waals surface area contributed by atoms with Gasteiger partial charge in [0.25, 0.3) is 5.91 Å². The lowest BCUT2D eigenvalue weighted by atomic mass is 10.1. The van der Waals surface area contributed by atoms with Gasteiger partial charge in [-0.1, -0.05) is 0 Å². The second kappa shape index (κ2) is 8.58. The second-order valence-electron chi connectivity index (χ2n) is 6.40. The lowest BCUT2D eigenvalue weighted by Gasteiger charge is -2.21. The number of anilines is 1. The Morgan fingerprint density at radius 3 is 2.64 bits per heavy atom. The monoisotopic (exact) mass is 409 g/mol. The van der Waals surface area contributed by atoms with Crippen LogP contribution in [0.4, 0.5) is 5.69 Å². The van der Waals surface area contributed by atoms with Crippen molar-refractivity contribution in [3.63, 3.8) is 0 Å². The van der Waals surface area contributed by atoms with Gasteiger partial charge in [-0.25, -0.2) is 0 Å². The summed E-state index contributed by atoms with van der Waals surface area (Å²) in [6, 6.07) is 12.8. The SMILES string of the molecule is O=C(NCc1ccncc1)c1ccc(NC(=O)[C@H]2SCCc3sccc32)cc1. The van der Waals surface area contributed by atoms with Crippen LogP contribution >= 0.6 is 23.1 Å². The number of carbonyl (C=O) groups is 2. The first kappa shape index (κ1) is 18.7. The fraction of sp³-hybridized carbons (Fsp3) is 0.190. The van der Waals surface area contributed by atoms with E-state index in [9.17, 15) is 9.59 Å². The number of hydrogen-bond acceptors (Lipinski definition) is 5. The normalized spacial score (nSPS) is 15.5. The molecule has 2 amide bonds. The van der Waals surface area contributed by atoms with Crippen LogP contribution in [0, 0.1) is 0 Å². The van der Waals surface area contributed by atoms with Crippen LogP contribution in [0.1, 0.15) is 31.6 Å². The van der Waals surface area contributed by atoms with Crippen LogP contribution in [0.5, 0.6) is 0 Å². The van der Waals surface area contributed by atoms with Gasteiger partial charge in [-0.15, -0.1) is 23.1 Å².